The number of thiophene rings is 1. The number of hydrogen-bond acceptors (Lipinski definition) is 7. The first-order valence-electron chi connectivity index (χ1n) is 8.71. The molecule has 1 aromatic heterocycles. The van der Waals surface area contributed by atoms with Gasteiger partial charge in [0.05, 0.1) is 19.6 Å². The van der Waals surface area contributed by atoms with E-state index in [1.807, 2.05) is 17.5 Å². The van der Waals surface area contributed by atoms with E-state index in [1.54, 1.807) is 6.08 Å². The van der Waals surface area contributed by atoms with Crippen LogP contribution in [0.2, 0.25) is 0 Å². The fourth-order valence-corrected chi connectivity index (χ4v) is 3.49. The molecule has 8 nitrogen and oxygen atoms in total. The van der Waals surface area contributed by atoms with Crippen molar-refractivity contribution >= 4 is 29.0 Å². The number of nitrogens with one attached hydrogen (secondary N) is 2. The van der Waals surface area contributed by atoms with Gasteiger partial charge in [-0.3, -0.25) is 10.2 Å². The van der Waals surface area contributed by atoms with Crippen molar-refractivity contribution in [2.24, 2.45) is 11.7 Å². The summed E-state index contributed by atoms with van der Waals surface area (Å²) < 4.78 is 10.3. The van der Waals surface area contributed by atoms with Gasteiger partial charge in [0, 0.05) is 10.9 Å². The van der Waals surface area contributed by atoms with Crippen molar-refractivity contribution in [1.82, 2.24) is 5.32 Å². The number of carbonyl (C=O) groups excluding carboxylic acids is 1. The van der Waals surface area contributed by atoms with Crippen LogP contribution in [0.15, 0.2) is 29.3 Å². The van der Waals surface area contributed by atoms with E-state index in [4.69, 9.17) is 26.0 Å². The number of aliphatic hydroxyl groups excluding tert-OH is 1. The predicted molar refractivity (Wildman–Crippen MR) is 103 cm³/mol. The molecule has 7 N–H and O–H groups in total. The third-order valence-electron chi connectivity index (χ3n) is 4.33. The van der Waals surface area contributed by atoms with Crippen molar-refractivity contribution < 1.29 is 24.8 Å². The first kappa shape index (κ1) is 21.1. The summed E-state index contributed by atoms with van der Waals surface area (Å²) in [4.78, 5) is 13.3. The summed E-state index contributed by atoms with van der Waals surface area (Å²) in [5.41, 5.74) is 6.08. The van der Waals surface area contributed by atoms with Crippen LogP contribution in [0.4, 0.5) is 0 Å². The Bertz CT molecular complexity index is 696. The van der Waals surface area contributed by atoms with E-state index < -0.39 is 12.1 Å². The Hall–Kier alpha value is -2.23. The highest BCUT2D eigenvalue weighted by Crippen LogP contribution is 2.30. The third-order valence-corrected chi connectivity index (χ3v) is 5.30. The van der Waals surface area contributed by atoms with E-state index in [9.17, 15) is 9.90 Å². The van der Waals surface area contributed by atoms with Gasteiger partial charge in [0.15, 0.2) is 5.76 Å². The minimum absolute atomic E-state index is 0.0306. The fraction of sp³-hybridized carbons (Fsp3) is 0.500. The molecule has 0 spiro atoms. The van der Waals surface area contributed by atoms with Gasteiger partial charge in [0.1, 0.15) is 6.10 Å². The van der Waals surface area contributed by atoms with Crippen LogP contribution >= 0.6 is 11.3 Å². The normalized spacial score (nSPS) is 21.6. The van der Waals surface area contributed by atoms with E-state index in [2.05, 4.69) is 5.32 Å². The van der Waals surface area contributed by atoms with E-state index in [1.165, 1.54) is 25.4 Å². The summed E-state index contributed by atoms with van der Waals surface area (Å²) in [5, 5.41) is 27.3. The van der Waals surface area contributed by atoms with E-state index in [0.717, 1.165) is 17.7 Å². The van der Waals surface area contributed by atoms with E-state index in [0.29, 0.717) is 6.42 Å². The van der Waals surface area contributed by atoms with Crippen LogP contribution in [0.1, 0.15) is 37.1 Å². The topological polar surface area (TPSA) is 143 Å². The van der Waals surface area contributed by atoms with Gasteiger partial charge in [-0.15, -0.1) is 11.3 Å². The summed E-state index contributed by atoms with van der Waals surface area (Å²) in [7, 11) is 1.44. The van der Waals surface area contributed by atoms with Gasteiger partial charge in [-0.05, 0) is 43.2 Å². The molecule has 1 saturated carbocycles. The second-order valence-electron chi connectivity index (χ2n) is 6.60. The minimum Gasteiger partial charge on any atom is -0.491 e. The lowest BCUT2D eigenvalue weighted by Gasteiger charge is -2.35. The molecule has 0 bridgehead atoms. The van der Waals surface area contributed by atoms with Gasteiger partial charge in [-0.1, -0.05) is 6.07 Å². The Labute approximate surface area is 162 Å². The molecule has 148 valence electrons. The van der Waals surface area contributed by atoms with Crippen LogP contribution in [0.3, 0.4) is 0 Å². The molecule has 0 aliphatic heterocycles. The zero-order valence-electron chi connectivity index (χ0n) is 15.5. The summed E-state index contributed by atoms with van der Waals surface area (Å²) in [6, 6.07) is 3.45. The molecule has 1 unspecified atom stereocenters. The molecule has 0 aromatic carbocycles. The lowest BCUT2D eigenvalue weighted by Crippen LogP contribution is -2.49. The predicted octanol–water partition coefficient (Wildman–Crippen LogP) is 0.0954. The number of hydrogen-bond donors (Lipinski definition) is 5. The van der Waals surface area contributed by atoms with Gasteiger partial charge >= 0.3 is 5.90 Å². The lowest BCUT2D eigenvalue weighted by molar-refractivity contribution is -0.138. The van der Waals surface area contributed by atoms with Crippen LogP contribution in [0.5, 0.6) is 0 Å². The average molecular weight is 396 g/mol. The maximum atomic E-state index is 12.4. The quantitative estimate of drug-likeness (QED) is 0.183. The molecule has 1 heterocycles. The van der Waals surface area contributed by atoms with Crippen LogP contribution < -0.4 is 16.5 Å². The zero-order chi connectivity index (χ0) is 20.0. The maximum Gasteiger partial charge on any atom is 0.339 e. The molecule has 2 atom stereocenters. The monoisotopic (exact) mass is 395 g/mol. The highest BCUT2D eigenvalue weighted by atomic mass is 32.1. The third kappa shape index (κ3) is 6.16. The maximum absolute atomic E-state index is 12.4. The number of ether oxygens (including phenoxy) is 2. The van der Waals surface area contributed by atoms with Gasteiger partial charge in [0.2, 0.25) is 5.90 Å². The number of amides is 1. The molecule has 1 amide bonds. The largest absolute Gasteiger partial charge is 0.491 e. The van der Waals surface area contributed by atoms with Crippen molar-refractivity contribution in [3.63, 3.8) is 0 Å². The molecule has 1 aliphatic carbocycles. The number of nitrogens with two attached hydrogens (primary N) is 2. The van der Waals surface area contributed by atoms with Gasteiger partial charge in [0.25, 0.3) is 5.91 Å². The second kappa shape index (κ2) is 9.63. The van der Waals surface area contributed by atoms with E-state index in [-0.39, 0.29) is 35.4 Å². The fourth-order valence-electron chi connectivity index (χ4n) is 2.79. The Morgan fingerprint density at radius 3 is 2.85 bits per heavy atom. The smallest absolute Gasteiger partial charge is 0.339 e. The number of methoxy groups -OCH3 is 1. The van der Waals surface area contributed by atoms with Crippen molar-refractivity contribution in [3.05, 3.63) is 34.2 Å². The molecule has 0 radical (unpaired) electrons. The number of rotatable bonds is 8. The SMILES string of the molecule is CO/C(=C\C(N)c1cccs1)C(=O)NC1CC(CC(=[NH2+])OC(=N)[C@@H](C)O)C1. The van der Waals surface area contributed by atoms with Crippen LogP contribution in [-0.4, -0.2) is 42.1 Å². The molecular formula is C18H27N4O4S+. The van der Waals surface area contributed by atoms with E-state index >= 15 is 0 Å². The standard InChI is InChI=1S/C18H26N4O4S/c1-10(23)17(21)26-16(20)8-11-6-12(7-11)22-18(24)14(25-2)9-13(19)15-4-3-5-27-15/h3-5,9-13,20-21,23H,6-8,19H2,1-2H3,(H,22,24)/p+1/b14-9-,20-16?,21-17?/t10-,11?,12?,13?/m1/s1. The Balaban J connectivity index is 1.77. The lowest BCUT2D eigenvalue weighted by atomic mass is 9.78. The molecule has 1 fully saturated rings. The Kier molecular flexibility index (Phi) is 7.52. The summed E-state index contributed by atoms with van der Waals surface area (Å²) in [6.07, 6.45) is 2.62. The first-order chi connectivity index (χ1) is 12.8. The molecule has 0 saturated heterocycles. The van der Waals surface area contributed by atoms with Crippen LogP contribution in [0.25, 0.3) is 0 Å². The average Bonchev–Trinajstić information content (AvgIpc) is 3.11. The summed E-state index contributed by atoms with van der Waals surface area (Å²) in [6.45, 7) is 1.44. The van der Waals surface area contributed by atoms with Gasteiger partial charge < -0.3 is 25.6 Å². The van der Waals surface area contributed by atoms with Crippen molar-refractivity contribution in [1.29, 1.82) is 5.41 Å². The highest BCUT2D eigenvalue weighted by molar-refractivity contribution is 7.10. The van der Waals surface area contributed by atoms with Crippen LogP contribution in [-0.2, 0) is 14.3 Å². The second-order valence-corrected chi connectivity index (χ2v) is 7.58. The Morgan fingerprint density at radius 2 is 2.30 bits per heavy atom. The molecule has 9 heteroatoms. The Morgan fingerprint density at radius 1 is 1.59 bits per heavy atom. The van der Waals surface area contributed by atoms with Crippen LogP contribution in [0, 0.1) is 11.3 Å². The zero-order valence-corrected chi connectivity index (χ0v) is 16.3. The molecular weight excluding hydrogens is 368 g/mol. The van der Waals surface area contributed by atoms with Crippen molar-refractivity contribution in [3.8, 4) is 0 Å². The highest BCUT2D eigenvalue weighted by Gasteiger charge is 2.34. The molecule has 1 aromatic rings. The van der Waals surface area contributed by atoms with Crippen molar-refractivity contribution in [2.75, 3.05) is 7.11 Å². The minimum atomic E-state index is -0.989. The first-order valence-corrected chi connectivity index (χ1v) is 9.59. The van der Waals surface area contributed by atoms with Crippen molar-refractivity contribution in [2.45, 2.75) is 44.4 Å². The molecule has 2 rings (SSSR count). The van der Waals surface area contributed by atoms with Gasteiger partial charge in [-0.25, -0.2) is 5.41 Å². The number of carbonyl (C=O) groups is 1. The summed E-state index contributed by atoms with van der Waals surface area (Å²) >= 11 is 1.52. The van der Waals surface area contributed by atoms with Gasteiger partial charge in [-0.2, -0.15) is 0 Å². The summed E-state index contributed by atoms with van der Waals surface area (Å²) in [5.74, 6) is 0.0975. The number of aliphatic hydroxyl groups is 1. The molecule has 1 aliphatic rings. The molecule has 27 heavy (non-hydrogen) atoms.